The quantitative estimate of drug-likeness (QED) is 0.437. The monoisotopic (exact) mass is 178 g/mol. The lowest BCUT2D eigenvalue weighted by Gasteiger charge is -2.26. The van der Waals surface area contributed by atoms with E-state index in [9.17, 15) is 0 Å². The van der Waals surface area contributed by atoms with Crippen LogP contribution in [0.3, 0.4) is 0 Å². The van der Waals surface area contributed by atoms with Gasteiger partial charge in [0.25, 0.3) is 0 Å². The predicted molar refractivity (Wildman–Crippen MR) is 47.1 cm³/mol. The van der Waals surface area contributed by atoms with Crippen LogP contribution in [0.15, 0.2) is 0 Å². The second-order valence-corrected chi connectivity index (χ2v) is 3.17. The summed E-state index contributed by atoms with van der Waals surface area (Å²) in [5, 5.41) is 2.00. The summed E-state index contributed by atoms with van der Waals surface area (Å²) in [4.78, 5) is 0. The standard InChI is InChI=1S/C5H10N2OS2/c9-5(10)6-7-1-3-8-4-2-7/h1-4H2,(H2,6,9,10). The number of ether oxygens (including phenoxy) is 1. The van der Waals surface area contributed by atoms with Crippen LogP contribution in [-0.4, -0.2) is 35.6 Å². The lowest BCUT2D eigenvalue weighted by molar-refractivity contribution is 0.0258. The number of rotatable bonds is 1. The van der Waals surface area contributed by atoms with E-state index in [2.05, 4.69) is 18.1 Å². The highest BCUT2D eigenvalue weighted by Crippen LogP contribution is 1.93. The van der Waals surface area contributed by atoms with Crippen LogP contribution < -0.4 is 5.43 Å². The van der Waals surface area contributed by atoms with Gasteiger partial charge in [-0.3, -0.25) is 0 Å². The van der Waals surface area contributed by atoms with E-state index in [-0.39, 0.29) is 0 Å². The summed E-state index contributed by atoms with van der Waals surface area (Å²) in [7, 11) is 0. The normalized spacial score (nSPS) is 20.5. The Morgan fingerprint density at radius 3 is 2.60 bits per heavy atom. The Labute approximate surface area is 71.1 Å². The molecule has 0 aliphatic carbocycles. The summed E-state index contributed by atoms with van der Waals surface area (Å²) >= 11 is 8.69. The number of hydrogen-bond donors (Lipinski definition) is 2. The molecule has 0 spiro atoms. The molecule has 0 radical (unpaired) electrons. The van der Waals surface area contributed by atoms with Gasteiger partial charge in [0.1, 0.15) is 4.32 Å². The maximum absolute atomic E-state index is 5.13. The molecule has 1 heterocycles. The van der Waals surface area contributed by atoms with Crippen molar-refractivity contribution in [1.29, 1.82) is 0 Å². The van der Waals surface area contributed by atoms with E-state index in [1.54, 1.807) is 0 Å². The minimum absolute atomic E-state index is 0.516. The lowest BCUT2D eigenvalue weighted by atomic mass is 10.5. The summed E-state index contributed by atoms with van der Waals surface area (Å²) in [5.74, 6) is 0. The number of hydrazine groups is 1. The maximum atomic E-state index is 5.13. The van der Waals surface area contributed by atoms with Crippen LogP contribution in [-0.2, 0) is 4.74 Å². The van der Waals surface area contributed by atoms with Crippen molar-refractivity contribution >= 4 is 29.2 Å². The largest absolute Gasteiger partial charge is 0.379 e. The number of hydrogen-bond acceptors (Lipinski definition) is 3. The first-order chi connectivity index (χ1) is 4.79. The molecule has 0 amide bonds. The van der Waals surface area contributed by atoms with Gasteiger partial charge in [-0.15, -0.1) is 12.6 Å². The van der Waals surface area contributed by atoms with E-state index >= 15 is 0 Å². The van der Waals surface area contributed by atoms with Crippen molar-refractivity contribution in [3.8, 4) is 0 Å². The fourth-order valence-corrected chi connectivity index (χ4v) is 1.08. The highest BCUT2D eigenvalue weighted by molar-refractivity contribution is 8.11. The van der Waals surface area contributed by atoms with Crippen LogP contribution in [0.25, 0.3) is 0 Å². The highest BCUT2D eigenvalue weighted by Gasteiger charge is 2.08. The van der Waals surface area contributed by atoms with Crippen molar-refractivity contribution in [2.24, 2.45) is 0 Å². The molecule has 0 aromatic rings. The summed E-state index contributed by atoms with van der Waals surface area (Å²) in [6.45, 7) is 3.29. The van der Waals surface area contributed by atoms with Gasteiger partial charge in [0, 0.05) is 13.1 Å². The van der Waals surface area contributed by atoms with Crippen molar-refractivity contribution in [3.05, 3.63) is 0 Å². The third-order valence-corrected chi connectivity index (χ3v) is 1.46. The van der Waals surface area contributed by atoms with Crippen molar-refractivity contribution in [2.75, 3.05) is 26.3 Å². The van der Waals surface area contributed by atoms with E-state index in [0.29, 0.717) is 4.32 Å². The minimum Gasteiger partial charge on any atom is -0.379 e. The van der Waals surface area contributed by atoms with Gasteiger partial charge in [0.15, 0.2) is 0 Å². The molecule has 0 unspecified atom stereocenters. The van der Waals surface area contributed by atoms with Crippen molar-refractivity contribution in [3.63, 3.8) is 0 Å². The molecule has 0 saturated carbocycles. The Balaban J connectivity index is 2.19. The second kappa shape index (κ2) is 4.12. The molecule has 10 heavy (non-hydrogen) atoms. The van der Waals surface area contributed by atoms with Crippen molar-refractivity contribution < 1.29 is 4.74 Å². The van der Waals surface area contributed by atoms with Gasteiger partial charge in [-0.2, -0.15) is 0 Å². The van der Waals surface area contributed by atoms with Gasteiger partial charge >= 0.3 is 0 Å². The topological polar surface area (TPSA) is 24.5 Å². The molecule has 58 valence electrons. The molecular formula is C5H10N2OS2. The molecule has 0 aromatic heterocycles. The molecule has 0 aromatic carbocycles. The van der Waals surface area contributed by atoms with E-state index in [0.717, 1.165) is 26.3 Å². The molecule has 1 N–H and O–H groups in total. The number of thiocarbonyl (C=S) groups is 1. The first-order valence-electron chi connectivity index (χ1n) is 3.11. The van der Waals surface area contributed by atoms with E-state index < -0.39 is 0 Å². The third-order valence-electron chi connectivity index (χ3n) is 1.26. The van der Waals surface area contributed by atoms with Gasteiger partial charge in [-0.1, -0.05) is 12.2 Å². The SMILES string of the molecule is S=C(S)NN1CCOCC1. The van der Waals surface area contributed by atoms with Crippen LogP contribution >= 0.6 is 24.8 Å². The molecule has 1 fully saturated rings. The Morgan fingerprint density at radius 1 is 1.50 bits per heavy atom. The molecule has 3 nitrogen and oxygen atoms in total. The lowest BCUT2D eigenvalue weighted by Crippen LogP contribution is -2.46. The van der Waals surface area contributed by atoms with Gasteiger partial charge < -0.3 is 10.2 Å². The average molecular weight is 178 g/mol. The zero-order chi connectivity index (χ0) is 7.40. The highest BCUT2D eigenvalue weighted by atomic mass is 32.1. The van der Waals surface area contributed by atoms with Gasteiger partial charge in [-0.05, 0) is 0 Å². The van der Waals surface area contributed by atoms with Gasteiger partial charge in [-0.25, -0.2) is 5.01 Å². The maximum Gasteiger partial charge on any atom is 0.145 e. The van der Waals surface area contributed by atoms with E-state index in [1.165, 1.54) is 0 Å². The zero-order valence-electron chi connectivity index (χ0n) is 5.54. The molecule has 1 aliphatic rings. The smallest absolute Gasteiger partial charge is 0.145 e. The van der Waals surface area contributed by atoms with Crippen LogP contribution in [0.1, 0.15) is 0 Å². The molecule has 0 bridgehead atoms. The Hall–Kier alpha value is 0.160. The number of thiol groups is 1. The molecule has 1 aliphatic heterocycles. The first kappa shape index (κ1) is 8.26. The van der Waals surface area contributed by atoms with Crippen molar-refractivity contribution in [2.45, 2.75) is 0 Å². The fourth-order valence-electron chi connectivity index (χ4n) is 0.810. The molecule has 1 saturated heterocycles. The summed E-state index contributed by atoms with van der Waals surface area (Å²) in [5.41, 5.74) is 2.93. The van der Waals surface area contributed by atoms with E-state index in [4.69, 9.17) is 17.0 Å². The average Bonchev–Trinajstić information content (AvgIpc) is 1.88. The summed E-state index contributed by atoms with van der Waals surface area (Å²) in [6.07, 6.45) is 0. The Bertz CT molecular complexity index is 125. The first-order valence-corrected chi connectivity index (χ1v) is 3.97. The van der Waals surface area contributed by atoms with Gasteiger partial charge in [0.05, 0.1) is 13.2 Å². The third kappa shape index (κ3) is 2.83. The molecule has 0 atom stereocenters. The predicted octanol–water partition coefficient (Wildman–Crippen LogP) is 0.0379. The minimum atomic E-state index is 0.516. The molecule has 1 rings (SSSR count). The van der Waals surface area contributed by atoms with Gasteiger partial charge in [0.2, 0.25) is 0 Å². The van der Waals surface area contributed by atoms with Crippen LogP contribution in [0.4, 0.5) is 0 Å². The van der Waals surface area contributed by atoms with E-state index in [1.807, 2.05) is 5.01 Å². The summed E-state index contributed by atoms with van der Waals surface area (Å²) < 4.78 is 5.65. The second-order valence-electron chi connectivity index (χ2n) is 2.02. The zero-order valence-corrected chi connectivity index (χ0v) is 7.25. The summed E-state index contributed by atoms with van der Waals surface area (Å²) in [6, 6.07) is 0. The van der Waals surface area contributed by atoms with Crippen LogP contribution in [0.5, 0.6) is 0 Å². The van der Waals surface area contributed by atoms with Crippen LogP contribution in [0.2, 0.25) is 0 Å². The number of nitrogens with zero attached hydrogens (tertiary/aromatic N) is 1. The van der Waals surface area contributed by atoms with Crippen molar-refractivity contribution in [1.82, 2.24) is 10.4 Å². The number of morpholine rings is 1. The molecule has 5 heteroatoms. The Morgan fingerprint density at radius 2 is 2.10 bits per heavy atom. The molecular weight excluding hydrogens is 168 g/mol. The number of nitrogens with one attached hydrogen (secondary N) is 1. The fraction of sp³-hybridized carbons (Fsp3) is 0.800. The Kier molecular flexibility index (Phi) is 3.41. The van der Waals surface area contributed by atoms with Crippen LogP contribution in [0, 0.1) is 0 Å².